The summed E-state index contributed by atoms with van der Waals surface area (Å²) in [5.74, 6) is 2.41. The van der Waals surface area contributed by atoms with E-state index in [-0.39, 0.29) is 0 Å². The van der Waals surface area contributed by atoms with Crippen LogP contribution < -0.4 is 9.64 Å². The zero-order valence-corrected chi connectivity index (χ0v) is 21.8. The van der Waals surface area contributed by atoms with Gasteiger partial charge in [0.05, 0.1) is 42.3 Å². The van der Waals surface area contributed by atoms with Crippen molar-refractivity contribution in [2.24, 2.45) is 0 Å². The lowest BCUT2D eigenvalue weighted by Crippen LogP contribution is -2.41. The molecule has 0 atom stereocenters. The molecule has 0 bridgehead atoms. The molecule has 9 heteroatoms. The predicted molar refractivity (Wildman–Crippen MR) is 155 cm³/mol. The van der Waals surface area contributed by atoms with Crippen molar-refractivity contribution in [2.75, 3.05) is 44.3 Å². The van der Waals surface area contributed by atoms with Crippen molar-refractivity contribution in [3.05, 3.63) is 79.3 Å². The van der Waals surface area contributed by atoms with E-state index in [1.54, 1.807) is 0 Å². The lowest BCUT2D eigenvalue weighted by molar-refractivity contribution is 0.0393. The zero-order chi connectivity index (χ0) is 26.5. The topological polar surface area (TPSA) is 95.2 Å². The molecule has 0 saturated carbocycles. The van der Waals surface area contributed by atoms with Crippen molar-refractivity contribution in [3.63, 3.8) is 0 Å². The standard InChI is InChI=1S/C31H27N7O2/c1-4-26-24(18-33-35-26)13-20(1)22-3-6-28-29(15-22)40-30-16-23(21-2-5-27-25(14-21)19-34-36-27)17-32-31(30)38(28)8-7-37-9-11-39-12-10-37/h1-6,13-19H,7-12H2,(H,33,35)(H,34,36). The fourth-order valence-electron chi connectivity index (χ4n) is 5.64. The summed E-state index contributed by atoms with van der Waals surface area (Å²) in [7, 11) is 0. The van der Waals surface area contributed by atoms with Crippen LogP contribution in [0.15, 0.2) is 79.3 Å². The van der Waals surface area contributed by atoms with E-state index in [1.165, 1.54) is 0 Å². The Labute approximate surface area is 230 Å². The van der Waals surface area contributed by atoms with Crippen LogP contribution in [0.2, 0.25) is 0 Å². The normalized spacial score (nSPS) is 15.2. The number of rotatable bonds is 5. The summed E-state index contributed by atoms with van der Waals surface area (Å²) >= 11 is 0. The number of hydrogen-bond donors (Lipinski definition) is 2. The van der Waals surface area contributed by atoms with Gasteiger partial charge in [-0.2, -0.15) is 10.2 Å². The molecule has 0 spiro atoms. The Morgan fingerprint density at radius 2 is 1.32 bits per heavy atom. The molecule has 6 aromatic rings. The van der Waals surface area contributed by atoms with Crippen molar-refractivity contribution in [3.8, 4) is 33.8 Å². The van der Waals surface area contributed by atoms with Crippen molar-refractivity contribution >= 4 is 33.3 Å². The fourth-order valence-corrected chi connectivity index (χ4v) is 5.64. The summed E-state index contributed by atoms with van der Waals surface area (Å²) in [5, 5.41) is 16.5. The van der Waals surface area contributed by atoms with Crippen LogP contribution in [0.4, 0.5) is 11.5 Å². The molecule has 8 rings (SSSR count). The quantitative estimate of drug-likeness (QED) is 0.294. The molecular weight excluding hydrogens is 502 g/mol. The van der Waals surface area contributed by atoms with Crippen LogP contribution in [0.5, 0.6) is 11.5 Å². The van der Waals surface area contributed by atoms with E-state index < -0.39 is 0 Å². The molecule has 9 nitrogen and oxygen atoms in total. The summed E-state index contributed by atoms with van der Waals surface area (Å²) in [4.78, 5) is 9.67. The van der Waals surface area contributed by atoms with Crippen LogP contribution in [0, 0.1) is 0 Å². The molecule has 0 amide bonds. The second kappa shape index (κ2) is 9.48. The van der Waals surface area contributed by atoms with E-state index in [1.807, 2.05) is 24.7 Å². The molecule has 3 aromatic heterocycles. The van der Waals surface area contributed by atoms with Crippen LogP contribution in [0.25, 0.3) is 44.1 Å². The molecule has 3 aromatic carbocycles. The van der Waals surface area contributed by atoms with Crippen LogP contribution in [0.3, 0.4) is 0 Å². The van der Waals surface area contributed by atoms with Crippen LogP contribution >= 0.6 is 0 Å². The van der Waals surface area contributed by atoms with Gasteiger partial charge in [-0.05, 0) is 59.2 Å². The van der Waals surface area contributed by atoms with E-state index in [0.29, 0.717) is 0 Å². The van der Waals surface area contributed by atoms with E-state index in [9.17, 15) is 0 Å². The molecule has 2 aliphatic rings. The van der Waals surface area contributed by atoms with Crippen molar-refractivity contribution < 1.29 is 9.47 Å². The summed E-state index contributed by atoms with van der Waals surface area (Å²) in [6.45, 7) is 5.18. The molecule has 2 N–H and O–H groups in total. The number of hydrogen-bond acceptors (Lipinski definition) is 7. The number of fused-ring (bicyclic) bond motifs is 4. The lowest BCUT2D eigenvalue weighted by atomic mass is 10.0. The Balaban J connectivity index is 1.18. The first kappa shape index (κ1) is 23.2. The van der Waals surface area contributed by atoms with E-state index in [0.717, 1.165) is 106 Å². The average Bonchev–Trinajstić information content (AvgIpc) is 3.68. The summed E-state index contributed by atoms with van der Waals surface area (Å²) in [6, 6.07) is 21.1. The molecule has 5 heterocycles. The molecular formula is C31H27N7O2. The van der Waals surface area contributed by atoms with Gasteiger partial charge in [0, 0.05) is 48.7 Å². The number of benzene rings is 3. The number of aromatic amines is 2. The highest BCUT2D eigenvalue weighted by Gasteiger charge is 2.27. The van der Waals surface area contributed by atoms with Crippen molar-refractivity contribution in [1.29, 1.82) is 0 Å². The smallest absolute Gasteiger partial charge is 0.176 e. The van der Waals surface area contributed by atoms with Crippen LogP contribution in [-0.4, -0.2) is 69.7 Å². The minimum atomic E-state index is 0.752. The number of ether oxygens (including phenoxy) is 2. The van der Waals surface area contributed by atoms with Crippen LogP contribution in [0.1, 0.15) is 0 Å². The van der Waals surface area contributed by atoms with Gasteiger partial charge in [-0.25, -0.2) is 4.98 Å². The van der Waals surface area contributed by atoms with E-state index in [2.05, 4.69) is 84.8 Å². The first-order chi connectivity index (χ1) is 19.8. The van der Waals surface area contributed by atoms with Gasteiger partial charge in [-0.1, -0.05) is 18.2 Å². The SMILES string of the molecule is c1cc2c(cc1-c1ccc3[nH]ncc3c1)Oc1cc(-c3ccc4[nH]ncc4c3)cnc1N2CCN1CCOCC1. The molecule has 40 heavy (non-hydrogen) atoms. The Morgan fingerprint density at radius 3 is 2.08 bits per heavy atom. The average molecular weight is 530 g/mol. The molecule has 1 fully saturated rings. The minimum Gasteiger partial charge on any atom is -0.451 e. The highest BCUT2D eigenvalue weighted by Crippen LogP contribution is 2.48. The van der Waals surface area contributed by atoms with E-state index >= 15 is 0 Å². The molecule has 0 unspecified atom stereocenters. The Hall–Kier alpha value is -4.73. The summed E-state index contributed by atoms with van der Waals surface area (Å²) in [5.41, 5.74) is 7.33. The maximum Gasteiger partial charge on any atom is 0.176 e. The van der Waals surface area contributed by atoms with Gasteiger partial charge in [0.25, 0.3) is 0 Å². The maximum atomic E-state index is 6.59. The van der Waals surface area contributed by atoms with Gasteiger partial charge in [0.1, 0.15) is 0 Å². The highest BCUT2D eigenvalue weighted by molar-refractivity contribution is 5.87. The third-order valence-corrected chi connectivity index (χ3v) is 7.85. The summed E-state index contributed by atoms with van der Waals surface area (Å²) in [6.07, 6.45) is 5.63. The number of anilines is 2. The number of nitrogens with one attached hydrogen (secondary N) is 2. The Bertz CT molecular complexity index is 1730. The number of nitrogens with zero attached hydrogens (tertiary/aromatic N) is 5. The second-order valence-corrected chi connectivity index (χ2v) is 10.3. The molecule has 1 saturated heterocycles. The fraction of sp³-hybridized carbons (Fsp3) is 0.194. The van der Waals surface area contributed by atoms with Gasteiger partial charge in [-0.15, -0.1) is 0 Å². The third-order valence-electron chi connectivity index (χ3n) is 7.85. The molecule has 198 valence electrons. The highest BCUT2D eigenvalue weighted by atomic mass is 16.5. The third kappa shape index (κ3) is 4.07. The van der Waals surface area contributed by atoms with Gasteiger partial charge >= 0.3 is 0 Å². The molecule has 0 aliphatic carbocycles. The Kier molecular flexibility index (Phi) is 5.49. The zero-order valence-electron chi connectivity index (χ0n) is 21.8. The van der Waals surface area contributed by atoms with Gasteiger partial charge in [0.15, 0.2) is 17.3 Å². The van der Waals surface area contributed by atoms with Crippen molar-refractivity contribution in [2.45, 2.75) is 0 Å². The largest absolute Gasteiger partial charge is 0.451 e. The van der Waals surface area contributed by atoms with Crippen molar-refractivity contribution in [1.82, 2.24) is 30.3 Å². The van der Waals surface area contributed by atoms with Gasteiger partial charge in [0.2, 0.25) is 0 Å². The number of H-pyrrole nitrogens is 2. The second-order valence-electron chi connectivity index (χ2n) is 10.3. The van der Waals surface area contributed by atoms with Gasteiger partial charge in [-0.3, -0.25) is 15.1 Å². The Morgan fingerprint density at radius 1 is 0.675 bits per heavy atom. The monoisotopic (exact) mass is 529 g/mol. The first-order valence-corrected chi connectivity index (χ1v) is 13.6. The molecule has 2 aliphatic heterocycles. The van der Waals surface area contributed by atoms with Gasteiger partial charge < -0.3 is 14.4 Å². The number of morpholine rings is 1. The lowest BCUT2D eigenvalue weighted by Gasteiger charge is -2.34. The van der Waals surface area contributed by atoms with Crippen LogP contribution in [-0.2, 0) is 4.74 Å². The van der Waals surface area contributed by atoms with E-state index in [4.69, 9.17) is 14.5 Å². The number of pyridine rings is 1. The predicted octanol–water partition coefficient (Wildman–Crippen LogP) is 5.74. The summed E-state index contributed by atoms with van der Waals surface area (Å²) < 4.78 is 12.2. The number of aromatic nitrogens is 5. The minimum absolute atomic E-state index is 0.752. The molecule has 0 radical (unpaired) electrons. The first-order valence-electron chi connectivity index (χ1n) is 13.6. The maximum absolute atomic E-state index is 6.59.